The molecule has 2 fully saturated rings. The highest BCUT2D eigenvalue weighted by Gasteiger charge is 2.55. The van der Waals surface area contributed by atoms with E-state index in [1.807, 2.05) is 60.7 Å². The van der Waals surface area contributed by atoms with Crippen molar-refractivity contribution in [2.45, 2.75) is 24.4 Å². The van der Waals surface area contributed by atoms with Crippen molar-refractivity contribution in [1.82, 2.24) is 10.2 Å². The van der Waals surface area contributed by atoms with Crippen molar-refractivity contribution in [2.75, 3.05) is 31.8 Å². The van der Waals surface area contributed by atoms with Gasteiger partial charge in [-0.15, -0.1) is 0 Å². The van der Waals surface area contributed by atoms with Gasteiger partial charge in [0, 0.05) is 5.69 Å². The molecule has 0 bridgehead atoms. The number of piperidine rings is 1. The van der Waals surface area contributed by atoms with Gasteiger partial charge in [0.1, 0.15) is 5.54 Å². The van der Waals surface area contributed by atoms with Crippen LogP contribution in [0.5, 0.6) is 0 Å². The second-order valence-corrected chi connectivity index (χ2v) is 7.30. The van der Waals surface area contributed by atoms with Gasteiger partial charge in [-0.05, 0) is 43.6 Å². The number of benzene rings is 2. The van der Waals surface area contributed by atoms with Crippen LogP contribution in [0.15, 0.2) is 60.7 Å². The number of hydrogen-bond donors (Lipinski definition) is 1. The van der Waals surface area contributed by atoms with Gasteiger partial charge < -0.3 is 19.9 Å². The first kappa shape index (κ1) is 18.5. The van der Waals surface area contributed by atoms with Crippen molar-refractivity contribution in [3.05, 3.63) is 66.2 Å². The standard InChI is InChI=1S/C22H25N3O3/c1-28-20(26)19(17-8-4-2-5-9-17)24-16-25(18-10-6-3-7-11-18)22(21(24)27)12-14-23-15-13-22/h2-11,19,23H,12-16H2,1H3/t19-/m0/s1. The summed E-state index contributed by atoms with van der Waals surface area (Å²) in [4.78, 5) is 30.3. The topological polar surface area (TPSA) is 61.9 Å². The summed E-state index contributed by atoms with van der Waals surface area (Å²) in [7, 11) is 1.37. The van der Waals surface area contributed by atoms with E-state index in [9.17, 15) is 9.59 Å². The predicted molar refractivity (Wildman–Crippen MR) is 107 cm³/mol. The first-order valence-corrected chi connectivity index (χ1v) is 9.65. The highest BCUT2D eigenvalue weighted by atomic mass is 16.5. The second kappa shape index (κ2) is 7.64. The molecule has 4 rings (SSSR count). The van der Waals surface area contributed by atoms with E-state index in [0.29, 0.717) is 19.5 Å². The molecule has 2 saturated heterocycles. The van der Waals surface area contributed by atoms with Gasteiger partial charge in [0.15, 0.2) is 6.04 Å². The number of rotatable bonds is 4. The van der Waals surface area contributed by atoms with Crippen LogP contribution in [0.4, 0.5) is 5.69 Å². The third-order valence-corrected chi connectivity index (χ3v) is 5.82. The van der Waals surface area contributed by atoms with Gasteiger partial charge in [-0.2, -0.15) is 0 Å². The SMILES string of the molecule is COC(=O)[C@H](c1ccccc1)N1CN(c2ccccc2)C2(CCNCC2)C1=O. The summed E-state index contributed by atoms with van der Waals surface area (Å²) in [6.45, 7) is 1.91. The zero-order valence-electron chi connectivity index (χ0n) is 16.0. The number of nitrogens with one attached hydrogen (secondary N) is 1. The Hall–Kier alpha value is -2.86. The number of para-hydroxylation sites is 1. The molecule has 28 heavy (non-hydrogen) atoms. The number of methoxy groups -OCH3 is 1. The van der Waals surface area contributed by atoms with E-state index >= 15 is 0 Å². The molecule has 2 aliphatic rings. The molecular weight excluding hydrogens is 354 g/mol. The Morgan fingerprint density at radius 3 is 2.25 bits per heavy atom. The number of anilines is 1. The second-order valence-electron chi connectivity index (χ2n) is 7.30. The van der Waals surface area contributed by atoms with Gasteiger partial charge in [-0.3, -0.25) is 4.79 Å². The molecule has 146 valence electrons. The van der Waals surface area contributed by atoms with Gasteiger partial charge >= 0.3 is 5.97 Å². The monoisotopic (exact) mass is 379 g/mol. The molecule has 1 spiro atoms. The third-order valence-electron chi connectivity index (χ3n) is 5.82. The summed E-state index contributed by atoms with van der Waals surface area (Å²) in [6.07, 6.45) is 1.42. The van der Waals surface area contributed by atoms with Gasteiger partial charge in [0.2, 0.25) is 0 Å². The van der Waals surface area contributed by atoms with E-state index in [1.165, 1.54) is 7.11 Å². The van der Waals surface area contributed by atoms with Gasteiger partial charge in [-0.25, -0.2) is 4.79 Å². The summed E-state index contributed by atoms with van der Waals surface area (Å²) in [5.41, 5.74) is 1.13. The van der Waals surface area contributed by atoms with Crippen LogP contribution in [0.3, 0.4) is 0 Å². The fraction of sp³-hybridized carbons (Fsp3) is 0.364. The Morgan fingerprint density at radius 2 is 1.64 bits per heavy atom. The minimum absolute atomic E-state index is 0.00268. The molecule has 1 N–H and O–H groups in total. The van der Waals surface area contributed by atoms with Crippen LogP contribution >= 0.6 is 0 Å². The Morgan fingerprint density at radius 1 is 1.04 bits per heavy atom. The Kier molecular flexibility index (Phi) is 5.05. The van der Waals surface area contributed by atoms with Crippen molar-refractivity contribution in [1.29, 1.82) is 0 Å². The van der Waals surface area contributed by atoms with E-state index in [1.54, 1.807) is 4.90 Å². The normalized spacial score (nSPS) is 19.7. The fourth-order valence-electron chi connectivity index (χ4n) is 4.38. The molecule has 2 heterocycles. The Labute approximate surface area is 165 Å². The molecule has 6 heteroatoms. The van der Waals surface area contributed by atoms with Gasteiger partial charge in [0.25, 0.3) is 5.91 Å². The average molecular weight is 379 g/mol. The number of carbonyl (C=O) groups is 2. The Balaban J connectivity index is 1.77. The van der Waals surface area contributed by atoms with Crippen LogP contribution in [0.2, 0.25) is 0 Å². The zero-order valence-corrected chi connectivity index (χ0v) is 16.0. The molecule has 0 saturated carbocycles. The average Bonchev–Trinajstić information content (AvgIpc) is 3.02. The summed E-state index contributed by atoms with van der Waals surface area (Å²) >= 11 is 0. The molecule has 1 atom stereocenters. The maximum absolute atomic E-state index is 13.7. The number of carbonyl (C=O) groups excluding carboxylic acids is 2. The zero-order chi connectivity index (χ0) is 19.6. The van der Waals surface area contributed by atoms with Gasteiger partial charge in [0.05, 0.1) is 13.8 Å². The van der Waals surface area contributed by atoms with E-state index in [4.69, 9.17) is 4.74 Å². The van der Waals surface area contributed by atoms with Gasteiger partial charge in [-0.1, -0.05) is 48.5 Å². The maximum atomic E-state index is 13.7. The lowest BCUT2D eigenvalue weighted by atomic mass is 9.86. The van der Waals surface area contributed by atoms with E-state index in [0.717, 1.165) is 24.3 Å². The number of ether oxygens (including phenoxy) is 1. The van der Waals surface area contributed by atoms with Crippen LogP contribution < -0.4 is 10.2 Å². The van der Waals surface area contributed by atoms with Crippen molar-refractivity contribution in [3.63, 3.8) is 0 Å². The van der Waals surface area contributed by atoms with Crippen LogP contribution in [-0.4, -0.2) is 49.2 Å². The highest BCUT2D eigenvalue weighted by Crippen LogP contribution is 2.41. The molecule has 0 aliphatic carbocycles. The number of hydrogen-bond acceptors (Lipinski definition) is 5. The molecule has 0 aromatic heterocycles. The summed E-state index contributed by atoms with van der Waals surface area (Å²) in [5, 5.41) is 3.35. The van der Waals surface area contributed by atoms with Crippen LogP contribution in [0, 0.1) is 0 Å². The predicted octanol–water partition coefficient (Wildman–Crippen LogP) is 2.33. The smallest absolute Gasteiger partial charge is 0.333 e. The molecule has 2 aromatic carbocycles. The molecule has 2 aliphatic heterocycles. The van der Waals surface area contributed by atoms with Crippen LogP contribution in [0.25, 0.3) is 0 Å². The van der Waals surface area contributed by atoms with Crippen LogP contribution in [0.1, 0.15) is 24.4 Å². The lowest BCUT2D eigenvalue weighted by molar-refractivity contribution is -0.152. The van der Waals surface area contributed by atoms with Crippen molar-refractivity contribution in [2.24, 2.45) is 0 Å². The molecule has 2 aromatic rings. The lowest BCUT2D eigenvalue weighted by Crippen LogP contribution is -2.55. The van der Waals surface area contributed by atoms with Crippen molar-refractivity contribution in [3.8, 4) is 0 Å². The van der Waals surface area contributed by atoms with Crippen molar-refractivity contribution >= 4 is 17.6 Å². The number of nitrogens with zero attached hydrogens (tertiary/aromatic N) is 2. The number of amides is 1. The van der Waals surface area contributed by atoms with Crippen molar-refractivity contribution < 1.29 is 14.3 Å². The minimum atomic E-state index is -0.751. The summed E-state index contributed by atoms with van der Waals surface area (Å²) in [5.74, 6) is -0.421. The van der Waals surface area contributed by atoms with E-state index in [2.05, 4.69) is 10.2 Å². The van der Waals surface area contributed by atoms with E-state index in [-0.39, 0.29) is 5.91 Å². The Bertz CT molecular complexity index is 835. The lowest BCUT2D eigenvalue weighted by Gasteiger charge is -2.40. The first-order chi connectivity index (χ1) is 13.7. The third kappa shape index (κ3) is 3.03. The van der Waals surface area contributed by atoms with Crippen LogP contribution in [-0.2, 0) is 14.3 Å². The minimum Gasteiger partial charge on any atom is -0.467 e. The molecular formula is C22H25N3O3. The largest absolute Gasteiger partial charge is 0.467 e. The quantitative estimate of drug-likeness (QED) is 0.827. The van der Waals surface area contributed by atoms with E-state index < -0.39 is 17.6 Å². The molecule has 6 nitrogen and oxygen atoms in total. The number of esters is 1. The fourth-order valence-corrected chi connectivity index (χ4v) is 4.38. The molecule has 0 unspecified atom stereocenters. The molecule has 0 radical (unpaired) electrons. The summed E-state index contributed by atoms with van der Waals surface area (Å²) < 4.78 is 5.08. The first-order valence-electron chi connectivity index (χ1n) is 9.65. The summed E-state index contributed by atoms with van der Waals surface area (Å²) in [6, 6.07) is 18.6. The highest BCUT2D eigenvalue weighted by molar-refractivity contribution is 5.96. The molecule has 1 amide bonds. The maximum Gasteiger partial charge on any atom is 0.333 e.